The van der Waals surface area contributed by atoms with Crippen LogP contribution in [0.2, 0.25) is 0 Å². The van der Waals surface area contributed by atoms with E-state index in [-0.39, 0.29) is 0 Å². The lowest BCUT2D eigenvalue weighted by atomic mass is 10.2. The van der Waals surface area contributed by atoms with E-state index in [0.717, 1.165) is 18.7 Å². The van der Waals surface area contributed by atoms with Gasteiger partial charge < -0.3 is 5.73 Å². The zero-order valence-electron chi connectivity index (χ0n) is 5.89. The molecule has 0 aliphatic carbocycles. The lowest BCUT2D eigenvalue weighted by Gasteiger charge is -2.00. The Hall–Kier alpha value is -0.0500. The second kappa shape index (κ2) is 4.79. The van der Waals surface area contributed by atoms with Crippen LogP contribution in [0.1, 0.15) is 19.8 Å². The van der Waals surface area contributed by atoms with Crippen LogP contribution in [-0.2, 0) is 0 Å². The van der Waals surface area contributed by atoms with Crippen LogP contribution < -0.4 is 5.73 Å². The van der Waals surface area contributed by atoms with E-state index in [9.17, 15) is 0 Å². The summed E-state index contributed by atoms with van der Waals surface area (Å²) >= 11 is 3.42. The Bertz CT molecular complexity index is 99.2. The third-order valence-electron chi connectivity index (χ3n) is 1.09. The molecule has 0 aromatic heterocycles. The fourth-order valence-corrected chi connectivity index (χ4v) is 0.687. The molecule has 0 radical (unpaired) electrons. The Morgan fingerprint density at radius 2 is 2.33 bits per heavy atom. The first-order chi connectivity index (χ1) is 4.16. The molecule has 1 unspecified atom stereocenters. The van der Waals surface area contributed by atoms with Crippen molar-refractivity contribution in [2.75, 3.05) is 7.05 Å². The van der Waals surface area contributed by atoms with Crippen molar-refractivity contribution in [3.05, 3.63) is 0 Å². The van der Waals surface area contributed by atoms with E-state index in [1.54, 1.807) is 7.05 Å². The summed E-state index contributed by atoms with van der Waals surface area (Å²) in [6.45, 7) is 2.10. The maximum Gasteiger partial charge on any atom is 0.0933 e. The second-order valence-corrected chi connectivity index (χ2v) is 3.60. The van der Waals surface area contributed by atoms with Crippen LogP contribution in [0.4, 0.5) is 0 Å². The van der Waals surface area contributed by atoms with Gasteiger partial charge in [0, 0.05) is 18.3 Å². The summed E-state index contributed by atoms with van der Waals surface area (Å²) in [4.78, 5) is 4.37. The Kier molecular flexibility index (Phi) is 4.77. The minimum atomic E-state index is 0.540. The number of nitrogens with two attached hydrogens (primary N) is 1. The molecule has 0 heterocycles. The summed E-state index contributed by atoms with van der Waals surface area (Å²) in [5.74, 6) is 0.737. The summed E-state index contributed by atoms with van der Waals surface area (Å²) < 4.78 is 0. The Morgan fingerprint density at radius 3 is 2.67 bits per heavy atom. The smallest absolute Gasteiger partial charge is 0.0933 e. The topological polar surface area (TPSA) is 38.4 Å². The predicted molar refractivity (Wildman–Crippen MR) is 45.2 cm³/mol. The molecule has 2 N–H and O–H groups in total. The zero-order chi connectivity index (χ0) is 7.28. The van der Waals surface area contributed by atoms with Crippen LogP contribution in [0.5, 0.6) is 0 Å². The minimum Gasteiger partial charge on any atom is -0.387 e. The van der Waals surface area contributed by atoms with Gasteiger partial charge in [-0.3, -0.25) is 4.99 Å². The van der Waals surface area contributed by atoms with Gasteiger partial charge in [-0.1, -0.05) is 22.9 Å². The number of hydrogen-bond donors (Lipinski definition) is 1. The van der Waals surface area contributed by atoms with Crippen molar-refractivity contribution in [1.29, 1.82) is 0 Å². The summed E-state index contributed by atoms with van der Waals surface area (Å²) in [5, 5.41) is 0. The molecule has 0 saturated heterocycles. The van der Waals surface area contributed by atoms with Gasteiger partial charge in [-0.2, -0.15) is 0 Å². The molecule has 0 bridgehead atoms. The second-order valence-electron chi connectivity index (χ2n) is 2.03. The minimum absolute atomic E-state index is 0.540. The van der Waals surface area contributed by atoms with Crippen LogP contribution in [0.15, 0.2) is 4.99 Å². The normalized spacial score (nSPS) is 15.7. The van der Waals surface area contributed by atoms with E-state index < -0.39 is 0 Å². The quantitative estimate of drug-likeness (QED) is 0.412. The average Bonchev–Trinajstić information content (AvgIpc) is 1.83. The molecule has 0 aliphatic heterocycles. The van der Waals surface area contributed by atoms with E-state index in [1.165, 1.54) is 0 Å². The number of amidine groups is 1. The Morgan fingerprint density at radius 1 is 1.78 bits per heavy atom. The van der Waals surface area contributed by atoms with Gasteiger partial charge in [-0.05, 0) is 6.42 Å². The van der Waals surface area contributed by atoms with Gasteiger partial charge >= 0.3 is 0 Å². The Labute approximate surface area is 64.7 Å². The largest absolute Gasteiger partial charge is 0.387 e. The third-order valence-corrected chi connectivity index (χ3v) is 1.54. The molecule has 0 aromatic rings. The number of aliphatic imine (C=N–C) groups is 1. The fraction of sp³-hybridized carbons (Fsp3) is 0.833. The molecule has 54 valence electrons. The van der Waals surface area contributed by atoms with E-state index in [1.807, 2.05) is 0 Å². The standard InChI is InChI=1S/C6H13BrN2/c1-5(7)3-4-6(8)9-2/h5H,3-4H2,1-2H3,(H2,8,9). The van der Waals surface area contributed by atoms with Crippen LogP contribution in [0.3, 0.4) is 0 Å². The number of hydrogen-bond acceptors (Lipinski definition) is 1. The number of nitrogens with zero attached hydrogens (tertiary/aromatic N) is 1. The van der Waals surface area contributed by atoms with Crippen molar-refractivity contribution in [1.82, 2.24) is 0 Å². The van der Waals surface area contributed by atoms with Gasteiger partial charge in [-0.25, -0.2) is 0 Å². The fourth-order valence-electron chi connectivity index (χ4n) is 0.459. The molecule has 0 aliphatic rings. The molecular formula is C6H13BrN2. The number of alkyl halides is 1. The zero-order valence-corrected chi connectivity index (χ0v) is 7.48. The van der Waals surface area contributed by atoms with Gasteiger partial charge in [0.05, 0.1) is 5.84 Å². The Balaban J connectivity index is 3.28. The molecule has 3 heteroatoms. The highest BCUT2D eigenvalue weighted by molar-refractivity contribution is 9.09. The monoisotopic (exact) mass is 192 g/mol. The molecule has 0 spiro atoms. The van der Waals surface area contributed by atoms with E-state index in [2.05, 4.69) is 27.8 Å². The highest BCUT2D eigenvalue weighted by atomic mass is 79.9. The van der Waals surface area contributed by atoms with Crippen molar-refractivity contribution in [3.8, 4) is 0 Å². The maximum absolute atomic E-state index is 5.45. The third kappa shape index (κ3) is 5.83. The summed E-state index contributed by atoms with van der Waals surface area (Å²) in [5.41, 5.74) is 5.45. The van der Waals surface area contributed by atoms with Gasteiger partial charge in [0.2, 0.25) is 0 Å². The first-order valence-electron chi connectivity index (χ1n) is 3.02. The summed E-state index contributed by atoms with van der Waals surface area (Å²) in [6.07, 6.45) is 1.95. The van der Waals surface area contributed by atoms with E-state index in [0.29, 0.717) is 4.83 Å². The predicted octanol–water partition coefficient (Wildman–Crippen LogP) is 1.54. The molecule has 0 rings (SSSR count). The molecule has 1 atom stereocenters. The summed E-state index contributed by atoms with van der Waals surface area (Å²) in [7, 11) is 1.72. The van der Waals surface area contributed by atoms with Crippen LogP contribution >= 0.6 is 15.9 Å². The van der Waals surface area contributed by atoms with Crippen LogP contribution in [0, 0.1) is 0 Å². The first kappa shape index (κ1) is 8.95. The van der Waals surface area contributed by atoms with Crippen molar-refractivity contribution >= 4 is 21.8 Å². The van der Waals surface area contributed by atoms with Crippen molar-refractivity contribution in [3.63, 3.8) is 0 Å². The van der Waals surface area contributed by atoms with Gasteiger partial charge in [0.25, 0.3) is 0 Å². The molecular weight excluding hydrogens is 180 g/mol. The van der Waals surface area contributed by atoms with Gasteiger partial charge in [0.15, 0.2) is 0 Å². The van der Waals surface area contributed by atoms with Crippen molar-refractivity contribution < 1.29 is 0 Å². The highest BCUT2D eigenvalue weighted by Gasteiger charge is 1.96. The highest BCUT2D eigenvalue weighted by Crippen LogP contribution is 2.05. The SMILES string of the molecule is C/N=C(/N)CCC(C)Br. The van der Waals surface area contributed by atoms with Crippen LogP contribution in [-0.4, -0.2) is 17.7 Å². The van der Waals surface area contributed by atoms with E-state index in [4.69, 9.17) is 5.73 Å². The van der Waals surface area contributed by atoms with Crippen molar-refractivity contribution in [2.45, 2.75) is 24.6 Å². The van der Waals surface area contributed by atoms with Gasteiger partial charge in [-0.15, -0.1) is 0 Å². The number of rotatable bonds is 3. The van der Waals surface area contributed by atoms with Crippen molar-refractivity contribution in [2.24, 2.45) is 10.7 Å². The maximum atomic E-state index is 5.45. The number of halogens is 1. The molecule has 2 nitrogen and oxygen atoms in total. The lowest BCUT2D eigenvalue weighted by molar-refractivity contribution is 0.860. The van der Waals surface area contributed by atoms with Crippen LogP contribution in [0.25, 0.3) is 0 Å². The molecule has 0 fully saturated rings. The molecule has 9 heavy (non-hydrogen) atoms. The lowest BCUT2D eigenvalue weighted by Crippen LogP contribution is -2.12. The van der Waals surface area contributed by atoms with Gasteiger partial charge in [0.1, 0.15) is 0 Å². The summed E-state index contributed by atoms with van der Waals surface area (Å²) in [6, 6.07) is 0. The molecule has 0 saturated carbocycles. The average molecular weight is 193 g/mol. The first-order valence-corrected chi connectivity index (χ1v) is 3.93. The van der Waals surface area contributed by atoms with E-state index >= 15 is 0 Å². The molecule has 0 amide bonds. The molecule has 0 aromatic carbocycles.